The topological polar surface area (TPSA) is 64.1 Å². The van der Waals surface area contributed by atoms with E-state index in [1.807, 2.05) is 32.0 Å². The number of carbonyl (C=O) groups is 1. The van der Waals surface area contributed by atoms with Crippen LogP contribution in [0.15, 0.2) is 103 Å². The molecule has 5 aromatic rings. The van der Waals surface area contributed by atoms with Crippen LogP contribution in [0.4, 0.5) is 4.39 Å². The first-order valence-corrected chi connectivity index (χ1v) is 18.8. The largest absolute Gasteiger partial charge is 0.493 e. The van der Waals surface area contributed by atoms with Crippen LogP contribution in [0.2, 0.25) is 5.02 Å². The van der Waals surface area contributed by atoms with Crippen LogP contribution in [0.5, 0.6) is 23.1 Å². The quantitative estimate of drug-likeness (QED) is 0.0781. The van der Waals surface area contributed by atoms with Gasteiger partial charge in [-0.25, -0.2) is 9.37 Å². The van der Waals surface area contributed by atoms with Gasteiger partial charge in [0.05, 0.1) is 17.8 Å². The number of rotatable bonds is 15. The van der Waals surface area contributed by atoms with E-state index in [0.29, 0.717) is 34.9 Å². The van der Waals surface area contributed by atoms with Crippen LogP contribution in [-0.2, 0) is 24.4 Å². The molecule has 4 aromatic carbocycles. The van der Waals surface area contributed by atoms with E-state index >= 15 is 0 Å². The summed E-state index contributed by atoms with van der Waals surface area (Å²) in [6, 6.07) is 29.2. The Morgan fingerprint density at radius 3 is 2.22 bits per heavy atom. The van der Waals surface area contributed by atoms with Crippen LogP contribution < -0.4 is 14.2 Å². The number of piperazine rings is 1. The molecule has 1 aliphatic rings. The second kappa shape index (κ2) is 18.2. The number of halogens is 2. The number of hydrogen-bond acceptors (Lipinski definition) is 7. The van der Waals surface area contributed by atoms with E-state index in [-0.39, 0.29) is 12.4 Å². The highest BCUT2D eigenvalue weighted by Crippen LogP contribution is 2.36. The summed E-state index contributed by atoms with van der Waals surface area (Å²) >= 11 is 6.78. The summed E-state index contributed by atoms with van der Waals surface area (Å²) < 4.78 is 31.6. The zero-order valence-corrected chi connectivity index (χ0v) is 32.1. The van der Waals surface area contributed by atoms with Crippen molar-refractivity contribution in [3.05, 3.63) is 153 Å². The molecule has 1 aliphatic heterocycles. The maximum atomic E-state index is 13.7. The van der Waals surface area contributed by atoms with E-state index in [9.17, 15) is 9.18 Å². The number of allylic oxidation sites excluding steroid dienone is 1. The summed E-state index contributed by atoms with van der Waals surface area (Å²) in [6.45, 7) is 13.2. The Bertz CT molecular complexity index is 2000. The predicted molar refractivity (Wildman–Crippen MR) is 213 cm³/mol. The molecule has 0 atom stereocenters. The van der Waals surface area contributed by atoms with Crippen LogP contribution in [-0.4, -0.2) is 53.9 Å². The van der Waals surface area contributed by atoms with Gasteiger partial charge in [0, 0.05) is 57.0 Å². The molecule has 1 fully saturated rings. The lowest BCUT2D eigenvalue weighted by Gasteiger charge is -2.37. The molecule has 2 heterocycles. The molecule has 0 radical (unpaired) electrons. The van der Waals surface area contributed by atoms with Crippen molar-refractivity contribution >= 4 is 23.6 Å². The van der Waals surface area contributed by atoms with Crippen molar-refractivity contribution in [2.24, 2.45) is 0 Å². The van der Waals surface area contributed by atoms with Crippen LogP contribution in [0.1, 0.15) is 58.7 Å². The van der Waals surface area contributed by atoms with Gasteiger partial charge in [-0.05, 0) is 101 Å². The highest BCUT2D eigenvalue weighted by atomic mass is 35.5. The Hall–Kier alpha value is -5.18. The molecule has 0 amide bonds. The van der Waals surface area contributed by atoms with Crippen molar-refractivity contribution in [1.29, 1.82) is 0 Å². The van der Waals surface area contributed by atoms with Crippen LogP contribution in [0.3, 0.4) is 0 Å². The Kier molecular flexibility index (Phi) is 13.0. The number of ether oxygens (including phenoxy) is 3. The third-order valence-electron chi connectivity index (χ3n) is 9.52. The normalized spacial score (nSPS) is 13.6. The Balaban J connectivity index is 0.990. The van der Waals surface area contributed by atoms with Crippen LogP contribution >= 0.6 is 11.6 Å². The fraction of sp³-hybridized carbons (Fsp3) is 0.289. The first-order chi connectivity index (χ1) is 26.1. The number of benzene rings is 4. The van der Waals surface area contributed by atoms with Crippen LogP contribution in [0, 0.1) is 19.7 Å². The third kappa shape index (κ3) is 10.5. The molecular formula is C45H47ClFN3O4. The van der Waals surface area contributed by atoms with Gasteiger partial charge in [-0.15, -0.1) is 0 Å². The van der Waals surface area contributed by atoms with Gasteiger partial charge >= 0.3 is 0 Å². The van der Waals surface area contributed by atoms with Gasteiger partial charge in [0.1, 0.15) is 30.2 Å². The van der Waals surface area contributed by atoms with Gasteiger partial charge in [0.2, 0.25) is 5.88 Å². The van der Waals surface area contributed by atoms with E-state index < -0.39 is 0 Å². The lowest BCUT2D eigenvalue weighted by atomic mass is 10.0. The molecule has 0 unspecified atom stereocenters. The van der Waals surface area contributed by atoms with Gasteiger partial charge < -0.3 is 19.1 Å². The second-order valence-electron chi connectivity index (χ2n) is 14.1. The number of aromatic nitrogens is 1. The summed E-state index contributed by atoms with van der Waals surface area (Å²) in [7, 11) is 0. The smallest absolute Gasteiger partial charge is 0.219 e. The number of hydrogen-bond donors (Lipinski definition) is 0. The minimum Gasteiger partial charge on any atom is -0.493 e. The molecule has 7 nitrogen and oxygen atoms in total. The molecular weight excluding hydrogens is 701 g/mol. The molecule has 0 spiro atoms. The molecule has 0 aliphatic carbocycles. The van der Waals surface area contributed by atoms with Crippen molar-refractivity contribution in [1.82, 2.24) is 14.8 Å². The highest BCUT2D eigenvalue weighted by molar-refractivity contribution is 6.32. The number of pyridine rings is 1. The molecule has 0 saturated carbocycles. The lowest BCUT2D eigenvalue weighted by molar-refractivity contribution is -0.104. The first-order valence-electron chi connectivity index (χ1n) is 18.4. The Labute approximate surface area is 323 Å². The number of nitrogens with zero attached hydrogens (tertiary/aromatic N) is 3. The van der Waals surface area contributed by atoms with Gasteiger partial charge in [-0.3, -0.25) is 9.69 Å². The fourth-order valence-corrected chi connectivity index (χ4v) is 6.89. The summed E-state index contributed by atoms with van der Waals surface area (Å²) in [5.41, 5.74) is 7.91. The average molecular weight is 748 g/mol. The Morgan fingerprint density at radius 2 is 1.57 bits per heavy atom. The maximum Gasteiger partial charge on any atom is 0.219 e. The van der Waals surface area contributed by atoms with Gasteiger partial charge in [-0.1, -0.05) is 67.9 Å². The van der Waals surface area contributed by atoms with Crippen molar-refractivity contribution < 1.29 is 23.4 Å². The van der Waals surface area contributed by atoms with E-state index in [1.54, 1.807) is 24.4 Å². The number of aryl methyl sites for hydroxylation is 2. The minimum absolute atomic E-state index is 0.221. The van der Waals surface area contributed by atoms with E-state index in [1.165, 1.54) is 28.8 Å². The zero-order valence-electron chi connectivity index (χ0n) is 31.4. The molecule has 6 rings (SSSR count). The van der Waals surface area contributed by atoms with E-state index in [4.69, 9.17) is 25.8 Å². The monoisotopic (exact) mass is 747 g/mol. The molecule has 0 bridgehead atoms. The summed E-state index contributed by atoms with van der Waals surface area (Å²) in [6.07, 6.45) is 4.85. The fourth-order valence-electron chi connectivity index (χ4n) is 6.59. The third-order valence-corrected chi connectivity index (χ3v) is 9.80. The molecule has 280 valence electrons. The second-order valence-corrected chi connectivity index (χ2v) is 14.5. The zero-order chi connectivity index (χ0) is 38.0. The molecule has 1 saturated heterocycles. The number of aldehydes is 1. The molecule has 1 aromatic heterocycles. The van der Waals surface area contributed by atoms with Crippen molar-refractivity contribution in [3.63, 3.8) is 0 Å². The molecule has 9 heteroatoms. The average Bonchev–Trinajstić information content (AvgIpc) is 3.16. The first kappa shape index (κ1) is 38.5. The standard InChI is InChI=1S/C45H47ClFN3O4/c1-31(2)37-9-11-40(12-10-37)52-22-16-34-5-7-35(8-6-34)29-49-17-19-50(20-18-49)43(15-21-51)38-25-33(4)45(42(46)27-38)54-44-14-13-41(28-48-44)53-30-36-23-32(3)24-39(47)26-36/h5-15,21,23-28,31H,16-20,22,29-30H2,1-4H3/b43-15+. The van der Waals surface area contributed by atoms with Crippen LogP contribution in [0.25, 0.3) is 5.70 Å². The molecule has 54 heavy (non-hydrogen) atoms. The van der Waals surface area contributed by atoms with E-state index in [2.05, 4.69) is 77.2 Å². The lowest BCUT2D eigenvalue weighted by Crippen LogP contribution is -2.45. The SMILES string of the molecule is Cc1cc(F)cc(COc2ccc(Oc3c(C)cc(/C(=C\C=O)N4CCN(Cc5ccc(CCOc6ccc(C(C)C)cc6)cc5)CC4)cc3Cl)nc2)c1. The van der Waals surface area contributed by atoms with Crippen molar-refractivity contribution in [3.8, 4) is 23.1 Å². The van der Waals surface area contributed by atoms with Crippen molar-refractivity contribution in [2.45, 2.75) is 53.2 Å². The Morgan fingerprint density at radius 1 is 0.852 bits per heavy atom. The van der Waals surface area contributed by atoms with Gasteiger partial charge in [0.25, 0.3) is 0 Å². The summed E-state index contributed by atoms with van der Waals surface area (Å²) in [4.78, 5) is 20.8. The minimum atomic E-state index is -0.291. The molecule has 0 N–H and O–H groups in total. The van der Waals surface area contributed by atoms with Crippen molar-refractivity contribution in [2.75, 3.05) is 32.8 Å². The van der Waals surface area contributed by atoms with E-state index in [0.717, 1.165) is 79.1 Å². The number of carbonyl (C=O) groups excluding carboxylic acids is 1. The predicted octanol–water partition coefficient (Wildman–Crippen LogP) is 9.96. The maximum absolute atomic E-state index is 13.7. The van der Waals surface area contributed by atoms with Gasteiger partial charge in [0.15, 0.2) is 5.75 Å². The summed E-state index contributed by atoms with van der Waals surface area (Å²) in [5, 5.41) is 0.416. The van der Waals surface area contributed by atoms with Gasteiger partial charge in [-0.2, -0.15) is 0 Å². The highest BCUT2D eigenvalue weighted by Gasteiger charge is 2.22. The summed E-state index contributed by atoms with van der Waals surface area (Å²) in [5.74, 6) is 2.50.